The van der Waals surface area contributed by atoms with Crippen molar-refractivity contribution in [1.82, 2.24) is 19.7 Å². The van der Waals surface area contributed by atoms with Gasteiger partial charge in [0.15, 0.2) is 5.82 Å². The van der Waals surface area contributed by atoms with Crippen molar-refractivity contribution in [2.75, 3.05) is 7.11 Å². The van der Waals surface area contributed by atoms with E-state index >= 15 is 0 Å². The first-order chi connectivity index (χ1) is 12.6. The number of carbonyl (C=O) groups is 1. The smallest absolute Gasteiger partial charge is 0.351 e. The Labute approximate surface area is 150 Å². The summed E-state index contributed by atoms with van der Waals surface area (Å²) in [4.78, 5) is 24.9. The van der Waals surface area contributed by atoms with Gasteiger partial charge in [0.2, 0.25) is 5.91 Å². The van der Waals surface area contributed by atoms with Crippen molar-refractivity contribution < 1.29 is 13.9 Å². The van der Waals surface area contributed by atoms with E-state index in [1.54, 1.807) is 18.2 Å². The molecule has 0 bridgehead atoms. The molecule has 26 heavy (non-hydrogen) atoms. The second-order valence-corrected chi connectivity index (χ2v) is 5.75. The molecular formula is C18H20N4O4. The largest absolute Gasteiger partial charge is 0.465 e. The van der Waals surface area contributed by atoms with Gasteiger partial charge in [-0.05, 0) is 31.2 Å². The van der Waals surface area contributed by atoms with E-state index in [0.29, 0.717) is 17.3 Å². The Hall–Kier alpha value is -3.13. The van der Waals surface area contributed by atoms with E-state index in [-0.39, 0.29) is 25.6 Å². The fourth-order valence-electron chi connectivity index (χ4n) is 2.57. The number of furan rings is 1. The lowest BCUT2D eigenvalue weighted by molar-refractivity contribution is -0.122. The number of carbonyl (C=O) groups excluding carboxylic acids is 1. The van der Waals surface area contributed by atoms with Gasteiger partial charge in [0.1, 0.15) is 24.7 Å². The number of methoxy groups -OCH3 is 1. The van der Waals surface area contributed by atoms with Gasteiger partial charge in [-0.3, -0.25) is 4.79 Å². The highest BCUT2D eigenvalue weighted by Gasteiger charge is 2.16. The van der Waals surface area contributed by atoms with Crippen molar-refractivity contribution >= 4 is 5.91 Å². The van der Waals surface area contributed by atoms with Crippen molar-refractivity contribution in [3.05, 3.63) is 70.3 Å². The molecule has 0 atom stereocenters. The van der Waals surface area contributed by atoms with Gasteiger partial charge in [0, 0.05) is 7.11 Å². The maximum Gasteiger partial charge on any atom is 0.351 e. The van der Waals surface area contributed by atoms with Crippen LogP contribution >= 0.6 is 0 Å². The number of ether oxygens (including phenoxy) is 1. The lowest BCUT2D eigenvalue weighted by Crippen LogP contribution is -2.33. The fourth-order valence-corrected chi connectivity index (χ4v) is 2.57. The zero-order valence-electron chi connectivity index (χ0n) is 14.6. The van der Waals surface area contributed by atoms with Crippen LogP contribution in [0.25, 0.3) is 5.69 Å². The quantitative estimate of drug-likeness (QED) is 0.691. The Balaban J connectivity index is 1.77. The zero-order chi connectivity index (χ0) is 18.5. The van der Waals surface area contributed by atoms with Crippen molar-refractivity contribution in [2.24, 2.45) is 0 Å². The molecule has 3 rings (SSSR count). The van der Waals surface area contributed by atoms with E-state index in [4.69, 9.17) is 9.15 Å². The summed E-state index contributed by atoms with van der Waals surface area (Å²) in [7, 11) is 1.52. The minimum absolute atomic E-state index is 0.157. The van der Waals surface area contributed by atoms with Crippen LogP contribution in [0.5, 0.6) is 0 Å². The highest BCUT2D eigenvalue weighted by atomic mass is 16.5. The van der Waals surface area contributed by atoms with Crippen LogP contribution in [-0.2, 0) is 29.2 Å². The first-order valence-corrected chi connectivity index (χ1v) is 8.13. The molecule has 1 N–H and O–H groups in total. The van der Waals surface area contributed by atoms with Crippen molar-refractivity contribution in [1.29, 1.82) is 0 Å². The molecule has 0 fully saturated rings. The molecule has 0 unspecified atom stereocenters. The molecule has 3 aromatic rings. The molecule has 136 valence electrons. The molecule has 1 amide bonds. The van der Waals surface area contributed by atoms with Crippen LogP contribution in [0.3, 0.4) is 0 Å². The zero-order valence-corrected chi connectivity index (χ0v) is 14.6. The lowest BCUT2D eigenvalue weighted by atomic mass is 10.3. The van der Waals surface area contributed by atoms with Crippen LogP contribution in [0.2, 0.25) is 0 Å². The molecule has 8 nitrogen and oxygen atoms in total. The Kier molecular flexibility index (Phi) is 5.33. The van der Waals surface area contributed by atoms with Gasteiger partial charge in [-0.1, -0.05) is 18.2 Å². The molecule has 0 aliphatic carbocycles. The average Bonchev–Trinajstić information content (AvgIpc) is 3.18. The summed E-state index contributed by atoms with van der Waals surface area (Å²) in [6.45, 7) is 2.06. The third-order valence-electron chi connectivity index (χ3n) is 3.74. The number of benzene rings is 1. The van der Waals surface area contributed by atoms with E-state index in [1.807, 2.05) is 31.2 Å². The van der Waals surface area contributed by atoms with Crippen molar-refractivity contribution in [3.63, 3.8) is 0 Å². The lowest BCUT2D eigenvalue weighted by Gasteiger charge is -2.04. The third kappa shape index (κ3) is 3.92. The molecular weight excluding hydrogens is 336 g/mol. The Bertz CT molecular complexity index is 940. The fraction of sp³-hybridized carbons (Fsp3) is 0.278. The summed E-state index contributed by atoms with van der Waals surface area (Å²) in [5, 5.41) is 6.95. The van der Waals surface area contributed by atoms with E-state index in [0.717, 1.165) is 10.4 Å². The second kappa shape index (κ2) is 7.83. The normalized spacial score (nSPS) is 10.8. The van der Waals surface area contributed by atoms with Crippen molar-refractivity contribution in [2.45, 2.75) is 26.6 Å². The van der Waals surface area contributed by atoms with E-state index in [9.17, 15) is 9.59 Å². The van der Waals surface area contributed by atoms with Crippen LogP contribution < -0.4 is 11.0 Å². The highest BCUT2D eigenvalue weighted by Crippen LogP contribution is 2.08. The van der Waals surface area contributed by atoms with Crippen LogP contribution in [0.15, 0.2) is 51.7 Å². The minimum Gasteiger partial charge on any atom is -0.465 e. The standard InChI is InChI=1S/C18H20N4O4/c1-13-8-9-15(26-13)10-19-17(23)11-21-18(24)22(16(20-21)12-25-2)14-6-4-3-5-7-14/h3-9H,10-12H2,1-2H3,(H,19,23). The third-order valence-corrected chi connectivity index (χ3v) is 3.74. The molecule has 1 aromatic carbocycles. The van der Waals surface area contributed by atoms with Gasteiger partial charge in [0.25, 0.3) is 0 Å². The van der Waals surface area contributed by atoms with E-state index in [1.165, 1.54) is 11.7 Å². The first-order valence-electron chi connectivity index (χ1n) is 8.13. The number of rotatable bonds is 7. The highest BCUT2D eigenvalue weighted by molar-refractivity contribution is 5.75. The predicted molar refractivity (Wildman–Crippen MR) is 93.8 cm³/mol. The monoisotopic (exact) mass is 356 g/mol. The molecule has 0 aliphatic rings. The first kappa shape index (κ1) is 17.7. The number of aromatic nitrogens is 3. The van der Waals surface area contributed by atoms with Crippen LogP contribution in [-0.4, -0.2) is 27.4 Å². The number of amides is 1. The summed E-state index contributed by atoms with van der Waals surface area (Å²) in [5.41, 5.74) is 0.273. The maximum atomic E-state index is 12.7. The molecule has 0 radical (unpaired) electrons. The van der Waals surface area contributed by atoms with E-state index < -0.39 is 5.69 Å². The summed E-state index contributed by atoms with van der Waals surface area (Å²) in [6.07, 6.45) is 0. The number of para-hydroxylation sites is 1. The van der Waals surface area contributed by atoms with Gasteiger partial charge in [-0.2, -0.15) is 5.10 Å². The second-order valence-electron chi connectivity index (χ2n) is 5.75. The summed E-state index contributed by atoms with van der Waals surface area (Å²) in [5.74, 6) is 1.52. The topological polar surface area (TPSA) is 91.3 Å². The average molecular weight is 356 g/mol. The molecule has 0 spiro atoms. The number of hydrogen-bond acceptors (Lipinski definition) is 5. The van der Waals surface area contributed by atoms with Crippen LogP contribution in [0.4, 0.5) is 0 Å². The molecule has 0 saturated heterocycles. The minimum atomic E-state index is -0.396. The Morgan fingerprint density at radius 2 is 2.00 bits per heavy atom. The molecule has 2 aromatic heterocycles. The number of nitrogens with zero attached hydrogens (tertiary/aromatic N) is 3. The van der Waals surface area contributed by atoms with Gasteiger partial charge in [-0.15, -0.1) is 0 Å². The maximum absolute atomic E-state index is 12.7. The molecule has 2 heterocycles. The predicted octanol–water partition coefficient (Wildman–Crippen LogP) is 1.40. The van der Waals surface area contributed by atoms with Crippen LogP contribution in [0.1, 0.15) is 17.3 Å². The summed E-state index contributed by atoms with van der Waals surface area (Å²) < 4.78 is 13.1. The molecule has 8 heteroatoms. The van der Waals surface area contributed by atoms with Gasteiger partial charge in [0.05, 0.1) is 12.2 Å². The Morgan fingerprint density at radius 3 is 2.65 bits per heavy atom. The van der Waals surface area contributed by atoms with Gasteiger partial charge >= 0.3 is 5.69 Å². The van der Waals surface area contributed by atoms with Gasteiger partial charge in [-0.25, -0.2) is 14.0 Å². The Morgan fingerprint density at radius 1 is 1.23 bits per heavy atom. The SMILES string of the molecule is COCc1nn(CC(=O)NCc2ccc(C)o2)c(=O)n1-c1ccccc1. The van der Waals surface area contributed by atoms with Gasteiger partial charge < -0.3 is 14.5 Å². The molecule has 0 saturated carbocycles. The summed E-state index contributed by atoms with van der Waals surface area (Å²) in [6, 6.07) is 12.7. The summed E-state index contributed by atoms with van der Waals surface area (Å²) >= 11 is 0. The number of hydrogen-bond donors (Lipinski definition) is 1. The number of aryl methyl sites for hydroxylation is 1. The molecule has 0 aliphatic heterocycles. The number of nitrogens with one attached hydrogen (secondary N) is 1. The van der Waals surface area contributed by atoms with E-state index in [2.05, 4.69) is 10.4 Å². The van der Waals surface area contributed by atoms with Crippen molar-refractivity contribution in [3.8, 4) is 5.69 Å². The van der Waals surface area contributed by atoms with Crippen LogP contribution in [0, 0.1) is 6.92 Å².